The van der Waals surface area contributed by atoms with Gasteiger partial charge in [-0.2, -0.15) is 5.10 Å². The molecule has 18 heavy (non-hydrogen) atoms. The van der Waals surface area contributed by atoms with E-state index in [1.54, 1.807) is 11.0 Å². The van der Waals surface area contributed by atoms with Gasteiger partial charge in [0.15, 0.2) is 5.82 Å². The van der Waals surface area contributed by atoms with E-state index in [-0.39, 0.29) is 0 Å². The van der Waals surface area contributed by atoms with Crippen LogP contribution in [-0.2, 0) is 13.6 Å². The molecule has 94 valence electrons. The number of nitrogens with two attached hydrogens (primary N) is 1. The van der Waals surface area contributed by atoms with Crippen LogP contribution in [0.4, 0.5) is 5.69 Å². The first kappa shape index (κ1) is 12.5. The van der Waals surface area contributed by atoms with E-state index in [0.29, 0.717) is 11.5 Å². The Bertz CT molecular complexity index is 576. The molecule has 0 bridgehead atoms. The van der Waals surface area contributed by atoms with Crippen molar-refractivity contribution in [2.75, 3.05) is 5.32 Å². The number of hydrogen-bond donors (Lipinski definition) is 2. The molecule has 2 aromatic rings. The summed E-state index contributed by atoms with van der Waals surface area (Å²) >= 11 is 5.05. The molecule has 1 heterocycles. The zero-order chi connectivity index (χ0) is 13.1. The molecule has 0 spiro atoms. The fraction of sp³-hybridized carbons (Fsp3) is 0.250. The lowest BCUT2D eigenvalue weighted by molar-refractivity contribution is 0.747. The molecular formula is C12H15N5S. The third-order valence-electron chi connectivity index (χ3n) is 2.61. The standard InChI is InChI=1S/C12H15N5S/c1-8-4-3-5-9(12(13)18)11(8)14-6-10-15-7-17(2)16-10/h3-5,7,14H,6H2,1-2H3,(H2,13,18). The SMILES string of the molecule is Cc1cccc(C(N)=S)c1NCc1ncn(C)n1. The minimum Gasteiger partial charge on any atom is -0.389 e. The van der Waals surface area contributed by atoms with Crippen LogP contribution in [0.15, 0.2) is 24.5 Å². The van der Waals surface area contributed by atoms with Crippen molar-refractivity contribution < 1.29 is 0 Å². The van der Waals surface area contributed by atoms with Gasteiger partial charge in [0.1, 0.15) is 11.3 Å². The molecule has 5 nitrogen and oxygen atoms in total. The first-order chi connectivity index (χ1) is 8.58. The second kappa shape index (κ2) is 5.14. The summed E-state index contributed by atoms with van der Waals surface area (Å²) in [4.78, 5) is 4.54. The van der Waals surface area contributed by atoms with Gasteiger partial charge in [0, 0.05) is 18.3 Å². The van der Waals surface area contributed by atoms with Gasteiger partial charge in [-0.1, -0.05) is 24.4 Å². The summed E-state index contributed by atoms with van der Waals surface area (Å²) in [7, 11) is 1.84. The Morgan fingerprint density at radius 2 is 2.28 bits per heavy atom. The Morgan fingerprint density at radius 1 is 1.50 bits per heavy atom. The van der Waals surface area contributed by atoms with Crippen LogP contribution in [0.1, 0.15) is 17.0 Å². The maximum Gasteiger partial charge on any atom is 0.169 e. The molecule has 6 heteroatoms. The number of hydrogen-bond acceptors (Lipinski definition) is 4. The van der Waals surface area contributed by atoms with E-state index < -0.39 is 0 Å². The third-order valence-corrected chi connectivity index (χ3v) is 2.83. The van der Waals surface area contributed by atoms with Gasteiger partial charge in [-0.15, -0.1) is 0 Å². The van der Waals surface area contributed by atoms with Crippen LogP contribution in [0.25, 0.3) is 0 Å². The summed E-state index contributed by atoms with van der Waals surface area (Å²) in [6.07, 6.45) is 1.67. The molecule has 0 saturated carbocycles. The molecule has 1 aromatic carbocycles. The average molecular weight is 261 g/mol. The predicted octanol–water partition coefficient (Wildman–Crippen LogP) is 1.37. The monoisotopic (exact) mass is 261 g/mol. The van der Waals surface area contributed by atoms with E-state index in [0.717, 1.165) is 22.6 Å². The number of anilines is 1. The van der Waals surface area contributed by atoms with E-state index in [1.165, 1.54) is 0 Å². The Balaban J connectivity index is 2.20. The van der Waals surface area contributed by atoms with Crippen molar-refractivity contribution in [2.45, 2.75) is 13.5 Å². The summed E-state index contributed by atoms with van der Waals surface area (Å²) in [5.74, 6) is 0.731. The first-order valence-electron chi connectivity index (χ1n) is 5.55. The summed E-state index contributed by atoms with van der Waals surface area (Å²) < 4.78 is 1.67. The van der Waals surface area contributed by atoms with Gasteiger partial charge < -0.3 is 11.1 Å². The Kier molecular flexibility index (Phi) is 3.57. The first-order valence-corrected chi connectivity index (χ1v) is 5.96. The number of benzene rings is 1. The maximum atomic E-state index is 5.71. The topological polar surface area (TPSA) is 68.8 Å². The van der Waals surface area contributed by atoms with Crippen molar-refractivity contribution in [3.05, 3.63) is 41.5 Å². The van der Waals surface area contributed by atoms with E-state index in [4.69, 9.17) is 18.0 Å². The van der Waals surface area contributed by atoms with E-state index in [9.17, 15) is 0 Å². The van der Waals surface area contributed by atoms with Gasteiger partial charge in [-0.3, -0.25) is 4.68 Å². The molecular weight excluding hydrogens is 246 g/mol. The Morgan fingerprint density at radius 3 is 2.89 bits per heavy atom. The van der Waals surface area contributed by atoms with Crippen LogP contribution in [0, 0.1) is 6.92 Å². The normalized spacial score (nSPS) is 10.3. The Hall–Kier alpha value is -1.95. The maximum absolute atomic E-state index is 5.71. The lowest BCUT2D eigenvalue weighted by Gasteiger charge is -2.12. The number of rotatable bonds is 4. The highest BCUT2D eigenvalue weighted by Gasteiger charge is 2.08. The lowest BCUT2D eigenvalue weighted by atomic mass is 10.1. The minimum atomic E-state index is 0.384. The molecule has 0 saturated heterocycles. The second-order valence-electron chi connectivity index (χ2n) is 4.05. The zero-order valence-electron chi connectivity index (χ0n) is 10.3. The lowest BCUT2D eigenvalue weighted by Crippen LogP contribution is -2.14. The molecule has 0 aliphatic rings. The number of para-hydroxylation sites is 1. The third kappa shape index (κ3) is 2.65. The van der Waals surface area contributed by atoms with Gasteiger partial charge >= 0.3 is 0 Å². The number of aryl methyl sites for hydroxylation is 2. The highest BCUT2D eigenvalue weighted by atomic mass is 32.1. The van der Waals surface area contributed by atoms with Crippen molar-refractivity contribution in [3.63, 3.8) is 0 Å². The minimum absolute atomic E-state index is 0.384. The summed E-state index contributed by atoms with van der Waals surface area (Å²) in [5, 5.41) is 7.50. The number of aromatic nitrogens is 3. The molecule has 0 fully saturated rings. The Labute approximate surface area is 111 Å². The smallest absolute Gasteiger partial charge is 0.169 e. The molecule has 0 atom stereocenters. The van der Waals surface area contributed by atoms with Crippen molar-refractivity contribution in [3.8, 4) is 0 Å². The number of thiocarbonyl (C=S) groups is 1. The van der Waals surface area contributed by atoms with E-state index in [1.807, 2.05) is 32.2 Å². The van der Waals surface area contributed by atoms with E-state index in [2.05, 4.69) is 15.4 Å². The summed E-state index contributed by atoms with van der Waals surface area (Å²) in [5.41, 5.74) is 8.60. The van der Waals surface area contributed by atoms with Gasteiger partial charge in [0.2, 0.25) is 0 Å². The van der Waals surface area contributed by atoms with Crippen LogP contribution >= 0.6 is 12.2 Å². The highest BCUT2D eigenvalue weighted by Crippen LogP contribution is 2.20. The van der Waals surface area contributed by atoms with Gasteiger partial charge in [0.05, 0.1) is 6.54 Å². The zero-order valence-corrected chi connectivity index (χ0v) is 11.2. The fourth-order valence-electron chi connectivity index (χ4n) is 1.74. The van der Waals surface area contributed by atoms with Crippen molar-refractivity contribution in [1.29, 1.82) is 0 Å². The van der Waals surface area contributed by atoms with Crippen molar-refractivity contribution in [1.82, 2.24) is 14.8 Å². The average Bonchev–Trinajstić information content (AvgIpc) is 2.73. The molecule has 0 amide bonds. The molecule has 0 radical (unpaired) electrons. The summed E-state index contributed by atoms with van der Waals surface area (Å²) in [6, 6.07) is 5.85. The molecule has 1 aromatic heterocycles. The quantitative estimate of drug-likeness (QED) is 0.814. The van der Waals surface area contributed by atoms with Crippen LogP contribution in [0.5, 0.6) is 0 Å². The van der Waals surface area contributed by atoms with Gasteiger partial charge in [0.25, 0.3) is 0 Å². The van der Waals surface area contributed by atoms with E-state index >= 15 is 0 Å². The highest BCUT2D eigenvalue weighted by molar-refractivity contribution is 7.80. The van der Waals surface area contributed by atoms with Crippen LogP contribution < -0.4 is 11.1 Å². The molecule has 0 unspecified atom stereocenters. The molecule has 3 N–H and O–H groups in total. The second-order valence-corrected chi connectivity index (χ2v) is 4.49. The molecule has 0 aliphatic heterocycles. The van der Waals surface area contributed by atoms with Crippen molar-refractivity contribution >= 4 is 22.9 Å². The van der Waals surface area contributed by atoms with Gasteiger partial charge in [-0.05, 0) is 18.6 Å². The number of nitrogens with zero attached hydrogens (tertiary/aromatic N) is 3. The predicted molar refractivity (Wildman–Crippen MR) is 75.4 cm³/mol. The van der Waals surface area contributed by atoms with Crippen LogP contribution in [0.3, 0.4) is 0 Å². The van der Waals surface area contributed by atoms with Gasteiger partial charge in [-0.25, -0.2) is 4.98 Å². The van der Waals surface area contributed by atoms with Crippen molar-refractivity contribution in [2.24, 2.45) is 12.8 Å². The number of nitrogens with one attached hydrogen (secondary N) is 1. The molecule has 2 rings (SSSR count). The largest absolute Gasteiger partial charge is 0.389 e. The van der Waals surface area contributed by atoms with Crippen LogP contribution in [0.2, 0.25) is 0 Å². The fourth-order valence-corrected chi connectivity index (χ4v) is 1.91. The summed E-state index contributed by atoms with van der Waals surface area (Å²) in [6.45, 7) is 2.55. The molecule has 0 aliphatic carbocycles. The van der Waals surface area contributed by atoms with Crippen LogP contribution in [-0.4, -0.2) is 19.8 Å².